The lowest BCUT2D eigenvalue weighted by atomic mass is 9.71. The van der Waals surface area contributed by atoms with Crippen molar-refractivity contribution in [3.63, 3.8) is 0 Å². The van der Waals surface area contributed by atoms with Gasteiger partial charge in [0.1, 0.15) is 17.4 Å². The monoisotopic (exact) mass is 560 g/mol. The number of benzene rings is 3. The van der Waals surface area contributed by atoms with Crippen LogP contribution < -0.4 is 10.1 Å². The number of rotatable bonds is 8. The number of carbonyl (C=O) groups is 1. The lowest BCUT2D eigenvalue weighted by Crippen LogP contribution is -2.43. The molecule has 3 aromatic carbocycles. The fraction of sp³-hybridized carbons (Fsp3) is 0.172. The van der Waals surface area contributed by atoms with Crippen molar-refractivity contribution >= 4 is 17.5 Å². The maximum atomic E-state index is 14.9. The first-order chi connectivity index (χ1) is 18.5. The van der Waals surface area contributed by atoms with Gasteiger partial charge in [0.2, 0.25) is 0 Å². The molecule has 1 unspecified atom stereocenters. The first-order valence-corrected chi connectivity index (χ1v) is 12.2. The first-order valence-electron chi connectivity index (χ1n) is 11.8. The van der Waals surface area contributed by atoms with Crippen molar-refractivity contribution < 1.29 is 31.5 Å². The van der Waals surface area contributed by atoms with Gasteiger partial charge in [-0.3, -0.25) is 9.78 Å². The maximum Gasteiger partial charge on any atom is 0.419 e. The van der Waals surface area contributed by atoms with Gasteiger partial charge in [0.25, 0.3) is 5.91 Å². The highest BCUT2D eigenvalue weighted by Gasteiger charge is 2.40. The highest BCUT2D eigenvalue weighted by molar-refractivity contribution is 6.30. The van der Waals surface area contributed by atoms with Crippen molar-refractivity contribution in [2.24, 2.45) is 0 Å². The molecule has 0 aliphatic rings. The van der Waals surface area contributed by atoms with Gasteiger partial charge in [-0.1, -0.05) is 41.9 Å². The molecular weight excluding hydrogens is 539 g/mol. The average molecular weight is 561 g/mol. The molecule has 0 bridgehead atoms. The second-order valence-electron chi connectivity index (χ2n) is 8.62. The molecule has 0 saturated heterocycles. The van der Waals surface area contributed by atoms with Crippen LogP contribution in [0.2, 0.25) is 5.02 Å². The van der Waals surface area contributed by atoms with Crippen LogP contribution in [0.25, 0.3) is 0 Å². The quantitative estimate of drug-likeness (QED) is 0.232. The number of carbonyl (C=O) groups excluding carboxylic acids is 1. The van der Waals surface area contributed by atoms with E-state index >= 15 is 0 Å². The molecule has 1 amide bonds. The van der Waals surface area contributed by atoms with E-state index in [0.29, 0.717) is 34.0 Å². The third-order valence-corrected chi connectivity index (χ3v) is 6.38. The van der Waals surface area contributed by atoms with Crippen LogP contribution in [0.4, 0.5) is 22.0 Å². The molecule has 39 heavy (non-hydrogen) atoms. The van der Waals surface area contributed by atoms with Gasteiger partial charge < -0.3 is 10.1 Å². The summed E-state index contributed by atoms with van der Waals surface area (Å²) in [4.78, 5) is 17.6. The maximum absolute atomic E-state index is 14.9. The van der Waals surface area contributed by atoms with Crippen molar-refractivity contribution in [1.29, 1.82) is 0 Å². The van der Waals surface area contributed by atoms with Crippen molar-refractivity contribution in [1.82, 2.24) is 10.3 Å². The third-order valence-electron chi connectivity index (χ3n) is 6.15. The zero-order chi connectivity index (χ0) is 28.2. The predicted octanol–water partition coefficient (Wildman–Crippen LogP) is 7.20. The predicted molar refractivity (Wildman–Crippen MR) is 137 cm³/mol. The number of hydrogen-bond acceptors (Lipinski definition) is 3. The van der Waals surface area contributed by atoms with Gasteiger partial charge >= 0.3 is 6.18 Å². The summed E-state index contributed by atoms with van der Waals surface area (Å²) in [5, 5.41) is 2.99. The van der Waals surface area contributed by atoms with E-state index in [4.69, 9.17) is 16.3 Å². The summed E-state index contributed by atoms with van der Waals surface area (Å²) in [6.07, 6.45) is -3.59. The molecule has 1 N–H and O–H groups in total. The van der Waals surface area contributed by atoms with Gasteiger partial charge in [0.15, 0.2) is 0 Å². The zero-order valence-electron chi connectivity index (χ0n) is 20.5. The number of nitrogens with zero attached hydrogens (tertiary/aromatic N) is 1. The molecule has 0 fully saturated rings. The van der Waals surface area contributed by atoms with E-state index in [-0.39, 0.29) is 18.9 Å². The lowest BCUT2D eigenvalue weighted by molar-refractivity contribution is -0.140. The van der Waals surface area contributed by atoms with Crippen LogP contribution in [0.1, 0.15) is 39.7 Å². The molecule has 1 heterocycles. The Morgan fingerprint density at radius 1 is 0.949 bits per heavy atom. The number of nitrogens with one attached hydrogen (secondary N) is 1. The minimum Gasteiger partial charge on any atom is -0.494 e. The highest BCUT2D eigenvalue weighted by Crippen LogP contribution is 2.40. The Morgan fingerprint density at radius 3 is 2.33 bits per heavy atom. The minimum atomic E-state index is -4.99. The van der Waals surface area contributed by atoms with Crippen LogP contribution >= 0.6 is 11.6 Å². The molecule has 0 saturated carbocycles. The molecule has 0 aliphatic carbocycles. The van der Waals surface area contributed by atoms with Gasteiger partial charge in [-0.05, 0) is 60.5 Å². The van der Waals surface area contributed by atoms with E-state index in [1.165, 1.54) is 18.3 Å². The fourth-order valence-corrected chi connectivity index (χ4v) is 4.48. The minimum absolute atomic E-state index is 0.237. The molecular formula is C29H22ClF5N2O2. The summed E-state index contributed by atoms with van der Waals surface area (Å²) in [6.45, 7) is 1.76. The van der Waals surface area contributed by atoms with Crippen molar-refractivity contribution in [3.8, 4) is 5.75 Å². The van der Waals surface area contributed by atoms with Crippen molar-refractivity contribution in [2.45, 2.75) is 18.5 Å². The Kier molecular flexibility index (Phi) is 8.20. The number of alkyl halides is 3. The van der Waals surface area contributed by atoms with Crippen LogP contribution in [0.3, 0.4) is 0 Å². The summed E-state index contributed by atoms with van der Waals surface area (Å²) in [5.74, 6) is -2.76. The SMILES string of the molecule is CCOc1cc(F)cc(C(CNC(=O)c2ccc(F)c(C(F)(F)F)c2)(c2ccccc2)c2ccc(Cl)cn2)c1. The molecule has 0 radical (unpaired) electrons. The van der Waals surface area contributed by atoms with Gasteiger partial charge in [-0.2, -0.15) is 13.2 Å². The topological polar surface area (TPSA) is 51.2 Å². The fourth-order valence-electron chi connectivity index (χ4n) is 4.37. The number of amides is 1. The van der Waals surface area contributed by atoms with E-state index in [0.717, 1.165) is 6.07 Å². The standard InChI is InChI=1S/C29H22ClF5N2O2/c1-2-39-23-14-20(13-22(31)15-23)28(19-6-4-3-5-7-19,26-11-9-21(30)16-36-26)17-37-27(38)18-8-10-25(32)24(12-18)29(33,34)35/h3-16H,2,17H2,1H3,(H,37,38). The molecule has 4 rings (SSSR count). The van der Waals surface area contributed by atoms with E-state index in [9.17, 15) is 26.7 Å². The van der Waals surface area contributed by atoms with Gasteiger partial charge in [-0.15, -0.1) is 0 Å². The molecule has 0 aliphatic heterocycles. The van der Waals surface area contributed by atoms with Gasteiger partial charge in [0.05, 0.1) is 28.3 Å². The molecule has 0 spiro atoms. The van der Waals surface area contributed by atoms with E-state index in [1.807, 2.05) is 0 Å². The summed E-state index contributed by atoms with van der Waals surface area (Å²) in [5.41, 5.74) is -1.95. The van der Waals surface area contributed by atoms with Crippen LogP contribution in [-0.2, 0) is 11.6 Å². The average Bonchev–Trinajstić information content (AvgIpc) is 2.90. The number of ether oxygens (including phenoxy) is 1. The van der Waals surface area contributed by atoms with Crippen LogP contribution in [-0.4, -0.2) is 24.0 Å². The number of hydrogen-bond donors (Lipinski definition) is 1. The molecule has 4 aromatic rings. The van der Waals surface area contributed by atoms with E-state index in [1.54, 1.807) is 55.5 Å². The normalized spacial score (nSPS) is 13.0. The third kappa shape index (κ3) is 6.04. The summed E-state index contributed by atoms with van der Waals surface area (Å²) < 4.78 is 74.1. The Bertz CT molecular complexity index is 1460. The van der Waals surface area contributed by atoms with E-state index in [2.05, 4.69) is 10.3 Å². The first kappa shape index (κ1) is 28.0. The van der Waals surface area contributed by atoms with Gasteiger partial charge in [0, 0.05) is 24.4 Å². The van der Waals surface area contributed by atoms with Crippen LogP contribution in [0.15, 0.2) is 85.1 Å². The lowest BCUT2D eigenvalue weighted by Gasteiger charge is -2.35. The summed E-state index contributed by atoms with van der Waals surface area (Å²) in [7, 11) is 0. The zero-order valence-corrected chi connectivity index (χ0v) is 21.3. The Labute approximate surface area is 226 Å². The largest absolute Gasteiger partial charge is 0.494 e. The Balaban J connectivity index is 1.87. The Morgan fingerprint density at radius 2 is 1.69 bits per heavy atom. The molecule has 10 heteroatoms. The van der Waals surface area contributed by atoms with Crippen LogP contribution in [0.5, 0.6) is 5.75 Å². The number of aromatic nitrogens is 1. The van der Waals surface area contributed by atoms with Crippen molar-refractivity contribution in [2.75, 3.05) is 13.2 Å². The van der Waals surface area contributed by atoms with Crippen LogP contribution in [0, 0.1) is 11.6 Å². The smallest absolute Gasteiger partial charge is 0.419 e. The number of pyridine rings is 1. The highest BCUT2D eigenvalue weighted by atomic mass is 35.5. The molecule has 1 atom stereocenters. The molecule has 4 nitrogen and oxygen atoms in total. The summed E-state index contributed by atoms with van der Waals surface area (Å²) >= 11 is 6.08. The van der Waals surface area contributed by atoms with E-state index < -0.39 is 40.3 Å². The molecule has 1 aromatic heterocycles. The Hall–Kier alpha value is -3.98. The number of halogens is 6. The van der Waals surface area contributed by atoms with Crippen molar-refractivity contribution in [3.05, 3.63) is 130 Å². The second kappa shape index (κ2) is 11.4. The molecule has 202 valence electrons. The van der Waals surface area contributed by atoms with Gasteiger partial charge in [-0.25, -0.2) is 8.78 Å². The summed E-state index contributed by atoms with van der Waals surface area (Å²) in [6, 6.07) is 18.1. The second-order valence-corrected chi connectivity index (χ2v) is 9.05.